The van der Waals surface area contributed by atoms with Crippen LogP contribution in [-0.2, 0) is 60.4 Å². The van der Waals surface area contributed by atoms with E-state index in [1.54, 1.807) is 0 Å². The van der Waals surface area contributed by atoms with Gasteiger partial charge in [0.1, 0.15) is 24.4 Å². The highest BCUT2D eigenvalue weighted by molar-refractivity contribution is 7.80. The normalized spacial score (nSPS) is 18.8. The summed E-state index contributed by atoms with van der Waals surface area (Å²) < 4.78 is 64.4. The van der Waals surface area contributed by atoms with Gasteiger partial charge >= 0.3 is 22.3 Å². The van der Waals surface area contributed by atoms with Crippen molar-refractivity contribution in [2.24, 2.45) is 0 Å². The summed E-state index contributed by atoms with van der Waals surface area (Å²) in [6.07, 6.45) is 19.0. The fraction of sp³-hybridized carbons (Fsp3) is 0.741. The number of rotatable bonds is 40. The lowest BCUT2D eigenvalue weighted by molar-refractivity contribution is -0.253. The highest BCUT2D eigenvalue weighted by Crippen LogP contribution is 2.38. The number of ether oxygens (including phenoxy) is 3. The highest BCUT2D eigenvalue weighted by Gasteiger charge is 2.52. The van der Waals surface area contributed by atoms with Crippen LogP contribution in [0.25, 0.3) is 0 Å². The van der Waals surface area contributed by atoms with Gasteiger partial charge in [0, 0.05) is 12.8 Å². The monoisotopic (exact) mass is 1060 g/mol. The Hall–Kier alpha value is -3.18. The van der Waals surface area contributed by atoms with E-state index in [1.165, 1.54) is 49.7 Å². The molecule has 13 nitrogen and oxygen atoms in total. The Kier molecular flexibility index (Phi) is 31.6. The summed E-state index contributed by atoms with van der Waals surface area (Å²) in [5.74, 6) is -1.69. The maximum absolute atomic E-state index is 14.0. The minimum atomic E-state index is -5.18. The highest BCUT2D eigenvalue weighted by atomic mass is 32.3. The van der Waals surface area contributed by atoms with Crippen LogP contribution < -0.4 is 5.32 Å². The molecule has 0 radical (unpaired) electrons. The van der Waals surface area contributed by atoms with Gasteiger partial charge in [-0.15, -0.1) is 0 Å². The van der Waals surface area contributed by atoms with E-state index in [0.29, 0.717) is 19.3 Å². The summed E-state index contributed by atoms with van der Waals surface area (Å²) >= 11 is 0. The first kappa shape index (κ1) is 64.1. The number of esters is 2. The molecule has 1 aliphatic heterocycles. The van der Waals surface area contributed by atoms with Crippen LogP contribution in [0.15, 0.2) is 60.7 Å². The first-order valence-corrected chi connectivity index (χ1v) is 32.5. The lowest BCUT2D eigenvalue weighted by Gasteiger charge is -2.45. The van der Waals surface area contributed by atoms with Crippen LogP contribution in [0.1, 0.15) is 212 Å². The molecule has 3 N–H and O–H groups in total. The summed E-state index contributed by atoms with van der Waals surface area (Å²) in [6.45, 7) is 12.0. The Bertz CT molecular complexity index is 1900. The molecular formula is C58H97NO12SSi. The van der Waals surface area contributed by atoms with Gasteiger partial charge in [-0.05, 0) is 80.6 Å². The fourth-order valence-corrected chi connectivity index (χ4v) is 10.7. The molecule has 73 heavy (non-hydrogen) atoms. The number of carbonyl (C=O) groups is 3. The molecular weight excluding hydrogens is 963 g/mol. The standard InChI is InChI=1S/C58H97NO12SSi/c1-7-8-9-10-11-12-17-22-33-42-49(68-52(61)43-34-23-18-13-15-20-27-36-47-38-29-25-30-39-47)45-51(60)59-54-56(70-53(62)44-35-24-19-14-16-21-28-37-48-40-31-26-32-41-48)55(71-72(64,65)66)50(69-57(54)63)46-67-73(5,6)58(2,3)4/h25-26,29-32,38-41,49-50,54-57,63H,7-24,27-28,33-37,42-46H2,1-6H3,(H,59,60)(H,64,65,66)/t49-,50+,54+,55+,56+,57?/m0/s1. The van der Waals surface area contributed by atoms with Crippen LogP contribution in [0.5, 0.6) is 0 Å². The van der Waals surface area contributed by atoms with Gasteiger partial charge in [0.05, 0.1) is 13.0 Å². The molecule has 416 valence electrons. The van der Waals surface area contributed by atoms with Crippen LogP contribution in [0.4, 0.5) is 0 Å². The molecule has 0 aromatic heterocycles. The smallest absolute Gasteiger partial charge is 0.397 e. The molecule has 0 bridgehead atoms. The molecule has 1 aliphatic rings. The third-order valence-electron chi connectivity index (χ3n) is 14.6. The van der Waals surface area contributed by atoms with Crippen molar-refractivity contribution >= 4 is 36.6 Å². The number of benzene rings is 2. The average molecular weight is 1060 g/mol. The summed E-state index contributed by atoms with van der Waals surface area (Å²) in [6, 6.07) is 19.4. The van der Waals surface area contributed by atoms with Crippen LogP contribution in [0.2, 0.25) is 18.1 Å². The van der Waals surface area contributed by atoms with E-state index in [4.69, 9.17) is 22.8 Å². The topological polar surface area (TPSA) is 184 Å². The van der Waals surface area contributed by atoms with Gasteiger partial charge < -0.3 is 29.1 Å². The summed E-state index contributed by atoms with van der Waals surface area (Å²) in [7, 11) is -7.66. The Morgan fingerprint density at radius 2 is 1.11 bits per heavy atom. The molecule has 3 rings (SSSR count). The van der Waals surface area contributed by atoms with Crippen LogP contribution in [0, 0.1) is 0 Å². The van der Waals surface area contributed by atoms with Crippen molar-refractivity contribution in [1.82, 2.24) is 5.32 Å². The van der Waals surface area contributed by atoms with Crippen molar-refractivity contribution in [3.05, 3.63) is 71.8 Å². The predicted octanol–water partition coefficient (Wildman–Crippen LogP) is 13.3. The van der Waals surface area contributed by atoms with E-state index in [2.05, 4.69) is 60.8 Å². The average Bonchev–Trinajstić information content (AvgIpc) is 3.33. The zero-order chi connectivity index (χ0) is 53.4. The zero-order valence-corrected chi connectivity index (χ0v) is 47.7. The molecule has 0 spiro atoms. The number of amides is 1. The van der Waals surface area contributed by atoms with Gasteiger partial charge in [-0.3, -0.25) is 18.9 Å². The molecule has 2 aromatic rings. The van der Waals surface area contributed by atoms with E-state index in [9.17, 15) is 32.5 Å². The first-order chi connectivity index (χ1) is 34.9. The van der Waals surface area contributed by atoms with E-state index in [0.717, 1.165) is 109 Å². The van der Waals surface area contributed by atoms with Gasteiger partial charge in [-0.25, -0.2) is 4.18 Å². The number of aliphatic hydroxyl groups is 1. The van der Waals surface area contributed by atoms with Crippen molar-refractivity contribution in [3.63, 3.8) is 0 Å². The van der Waals surface area contributed by atoms with Crippen molar-refractivity contribution in [3.8, 4) is 0 Å². The van der Waals surface area contributed by atoms with E-state index >= 15 is 0 Å². The lowest BCUT2D eigenvalue weighted by Crippen LogP contribution is -2.66. The van der Waals surface area contributed by atoms with Crippen LogP contribution in [-0.4, -0.2) is 87.6 Å². The van der Waals surface area contributed by atoms with Crippen LogP contribution >= 0.6 is 0 Å². The number of nitrogens with one attached hydrogen (secondary N) is 1. The van der Waals surface area contributed by atoms with Crippen molar-refractivity contribution in [2.45, 2.75) is 269 Å². The number of unbranched alkanes of at least 4 members (excludes halogenated alkanes) is 20. The van der Waals surface area contributed by atoms with E-state index in [-0.39, 0.29) is 36.9 Å². The second-order valence-corrected chi connectivity index (χ2v) is 27.9. The fourth-order valence-electron chi connectivity index (χ4n) is 9.16. The van der Waals surface area contributed by atoms with Gasteiger partial charge in [0.15, 0.2) is 20.7 Å². The lowest BCUT2D eigenvalue weighted by atomic mass is 9.96. The maximum atomic E-state index is 14.0. The molecule has 1 heterocycles. The molecule has 1 unspecified atom stereocenters. The van der Waals surface area contributed by atoms with E-state index in [1.807, 2.05) is 46.0 Å². The van der Waals surface area contributed by atoms with Crippen LogP contribution in [0.3, 0.4) is 0 Å². The number of hydrogen-bond acceptors (Lipinski definition) is 11. The van der Waals surface area contributed by atoms with Gasteiger partial charge in [-0.2, -0.15) is 8.42 Å². The number of aliphatic hydroxyl groups excluding tert-OH is 1. The third-order valence-corrected chi connectivity index (χ3v) is 19.6. The quantitative estimate of drug-likeness (QED) is 0.0249. The molecule has 6 atom stereocenters. The zero-order valence-electron chi connectivity index (χ0n) is 45.8. The summed E-state index contributed by atoms with van der Waals surface area (Å²) in [5.41, 5.74) is 2.70. The van der Waals surface area contributed by atoms with Gasteiger partial charge in [0.25, 0.3) is 0 Å². The molecule has 0 saturated carbocycles. The summed E-state index contributed by atoms with van der Waals surface area (Å²) in [4.78, 5) is 40.9. The van der Waals surface area contributed by atoms with Crippen molar-refractivity contribution in [2.75, 3.05) is 6.61 Å². The van der Waals surface area contributed by atoms with Crippen molar-refractivity contribution in [1.29, 1.82) is 0 Å². The first-order valence-electron chi connectivity index (χ1n) is 28.3. The third kappa shape index (κ3) is 28.5. The molecule has 2 aromatic carbocycles. The molecule has 1 amide bonds. The second kappa shape index (κ2) is 36.0. The second-order valence-electron chi connectivity index (χ2n) is 22.0. The van der Waals surface area contributed by atoms with Gasteiger partial charge in [0.2, 0.25) is 5.91 Å². The Balaban J connectivity index is 1.66. The number of carbonyl (C=O) groups excluding carboxylic acids is 3. The van der Waals surface area contributed by atoms with E-state index < -0.39 is 67.3 Å². The Morgan fingerprint density at radius 1 is 0.658 bits per heavy atom. The summed E-state index contributed by atoms with van der Waals surface area (Å²) in [5, 5.41) is 14.0. The van der Waals surface area contributed by atoms with Crippen molar-refractivity contribution < 1.29 is 55.3 Å². The molecule has 1 fully saturated rings. The maximum Gasteiger partial charge on any atom is 0.397 e. The van der Waals surface area contributed by atoms with Gasteiger partial charge in [-0.1, -0.05) is 204 Å². The predicted molar refractivity (Wildman–Crippen MR) is 293 cm³/mol. The largest absolute Gasteiger partial charge is 0.462 e. The Labute approximate surface area is 442 Å². The molecule has 1 saturated heterocycles. The minimum Gasteiger partial charge on any atom is -0.462 e. The number of aryl methyl sites for hydroxylation is 2. The number of hydrogen-bond donors (Lipinski definition) is 3. The Morgan fingerprint density at radius 3 is 1.59 bits per heavy atom. The SMILES string of the molecule is CCCCCCCCCCC[C@@H](CC(=O)N[C@H]1C(O)O[C@H](CO[Si](C)(C)C(C)(C)C)[C@@H](OS(=O)(=O)O)[C@@H]1OC(=O)CCCCCCCCCc1ccccc1)OC(=O)CCCCCCCCCc1ccccc1. The molecule has 0 aliphatic carbocycles. The minimum absolute atomic E-state index is 0.00260. The molecule has 15 heteroatoms.